The molecule has 3 nitrogen and oxygen atoms in total. The normalized spacial score (nSPS) is 12.9. The number of hydrogen-bond donors (Lipinski definition) is 1. The van der Waals surface area contributed by atoms with Crippen LogP contribution in [0.15, 0.2) is 16.8 Å². The smallest absolute Gasteiger partial charge is 0.0780 e. The second-order valence-corrected chi connectivity index (χ2v) is 4.55. The molecule has 1 aromatic heterocycles. The van der Waals surface area contributed by atoms with Crippen LogP contribution in [0.1, 0.15) is 12.5 Å². The minimum absolute atomic E-state index is 0.184. The lowest BCUT2D eigenvalue weighted by Crippen LogP contribution is -2.25. The average molecular weight is 243 g/mol. The van der Waals surface area contributed by atoms with Crippen molar-refractivity contribution in [3.8, 4) is 0 Å². The quantitative estimate of drug-likeness (QED) is 0.672. The van der Waals surface area contributed by atoms with E-state index in [2.05, 4.69) is 22.1 Å². The van der Waals surface area contributed by atoms with Crippen molar-refractivity contribution < 1.29 is 9.47 Å². The van der Waals surface area contributed by atoms with Crippen LogP contribution in [-0.4, -0.2) is 39.5 Å². The molecule has 0 radical (unpaired) electrons. The number of methoxy groups -OCH3 is 1. The van der Waals surface area contributed by atoms with Crippen LogP contribution < -0.4 is 5.32 Å². The zero-order valence-electron chi connectivity index (χ0n) is 10.1. The third-order valence-electron chi connectivity index (χ3n) is 2.25. The van der Waals surface area contributed by atoms with Crippen LogP contribution in [0.25, 0.3) is 0 Å². The Labute approximate surface area is 102 Å². The minimum Gasteiger partial charge on any atom is -0.382 e. The summed E-state index contributed by atoms with van der Waals surface area (Å²) in [5.41, 5.74) is 1.41. The van der Waals surface area contributed by atoms with Crippen molar-refractivity contribution in [1.29, 1.82) is 0 Å². The fourth-order valence-electron chi connectivity index (χ4n) is 1.41. The molecule has 0 aliphatic heterocycles. The first kappa shape index (κ1) is 13.6. The SMILES string of the molecule is COCC(C)OCCNCCc1ccsc1. The van der Waals surface area contributed by atoms with E-state index in [0.717, 1.165) is 26.1 Å². The van der Waals surface area contributed by atoms with E-state index < -0.39 is 0 Å². The van der Waals surface area contributed by atoms with Crippen molar-refractivity contribution >= 4 is 11.3 Å². The molecule has 1 atom stereocenters. The van der Waals surface area contributed by atoms with Gasteiger partial charge in [0.15, 0.2) is 0 Å². The van der Waals surface area contributed by atoms with Crippen LogP contribution in [0.3, 0.4) is 0 Å². The maximum Gasteiger partial charge on any atom is 0.0780 e. The molecule has 4 heteroatoms. The van der Waals surface area contributed by atoms with Crippen LogP contribution in [0.5, 0.6) is 0 Å². The molecule has 92 valence electrons. The van der Waals surface area contributed by atoms with E-state index in [0.29, 0.717) is 6.61 Å². The largest absolute Gasteiger partial charge is 0.382 e. The monoisotopic (exact) mass is 243 g/mol. The van der Waals surface area contributed by atoms with Crippen molar-refractivity contribution in [3.05, 3.63) is 22.4 Å². The summed E-state index contributed by atoms with van der Waals surface area (Å²) in [4.78, 5) is 0. The Bertz CT molecular complexity index is 252. The van der Waals surface area contributed by atoms with Crippen LogP contribution >= 0.6 is 11.3 Å². The van der Waals surface area contributed by atoms with Crippen molar-refractivity contribution in [1.82, 2.24) is 5.32 Å². The Morgan fingerprint density at radius 1 is 1.44 bits per heavy atom. The summed E-state index contributed by atoms with van der Waals surface area (Å²) in [7, 11) is 1.69. The van der Waals surface area contributed by atoms with Gasteiger partial charge in [0.1, 0.15) is 0 Å². The van der Waals surface area contributed by atoms with Gasteiger partial charge < -0.3 is 14.8 Å². The van der Waals surface area contributed by atoms with Gasteiger partial charge in [-0.1, -0.05) is 0 Å². The maximum atomic E-state index is 5.53. The Morgan fingerprint density at radius 2 is 2.31 bits per heavy atom. The van der Waals surface area contributed by atoms with E-state index in [-0.39, 0.29) is 6.10 Å². The molecule has 1 heterocycles. The minimum atomic E-state index is 0.184. The highest BCUT2D eigenvalue weighted by atomic mass is 32.1. The van der Waals surface area contributed by atoms with Gasteiger partial charge in [0, 0.05) is 13.7 Å². The van der Waals surface area contributed by atoms with E-state index >= 15 is 0 Å². The maximum absolute atomic E-state index is 5.53. The molecule has 16 heavy (non-hydrogen) atoms. The lowest BCUT2D eigenvalue weighted by atomic mass is 10.2. The molecule has 0 spiro atoms. The summed E-state index contributed by atoms with van der Waals surface area (Å²) in [6, 6.07) is 2.17. The zero-order valence-corrected chi connectivity index (χ0v) is 10.9. The first-order chi connectivity index (χ1) is 7.83. The summed E-state index contributed by atoms with van der Waals surface area (Å²) < 4.78 is 10.5. The standard InChI is InChI=1S/C12H21NO2S/c1-11(9-14-2)15-7-6-13-5-3-12-4-8-16-10-12/h4,8,10-11,13H,3,5-7,9H2,1-2H3. The molecule has 0 aliphatic carbocycles. The summed E-state index contributed by atoms with van der Waals surface area (Å²) in [5.74, 6) is 0. The molecule has 0 aliphatic rings. The Balaban J connectivity index is 1.88. The highest BCUT2D eigenvalue weighted by molar-refractivity contribution is 7.07. The Morgan fingerprint density at radius 3 is 3.00 bits per heavy atom. The predicted molar refractivity (Wildman–Crippen MR) is 68.2 cm³/mol. The molecule has 0 aromatic carbocycles. The zero-order chi connectivity index (χ0) is 11.6. The van der Waals surface area contributed by atoms with Crippen LogP contribution in [0.4, 0.5) is 0 Å². The fourth-order valence-corrected chi connectivity index (χ4v) is 2.11. The molecular weight excluding hydrogens is 222 g/mol. The number of rotatable bonds is 9. The van der Waals surface area contributed by atoms with Crippen LogP contribution in [-0.2, 0) is 15.9 Å². The Hall–Kier alpha value is -0.420. The summed E-state index contributed by atoms with van der Waals surface area (Å²) in [6.45, 7) is 5.34. The van der Waals surface area contributed by atoms with Crippen LogP contribution in [0.2, 0.25) is 0 Å². The number of nitrogens with one attached hydrogen (secondary N) is 1. The van der Waals surface area contributed by atoms with Gasteiger partial charge in [-0.2, -0.15) is 11.3 Å². The molecule has 1 rings (SSSR count). The molecule has 0 bridgehead atoms. The Kier molecular flexibility index (Phi) is 7.42. The van der Waals surface area contributed by atoms with Gasteiger partial charge in [-0.05, 0) is 42.3 Å². The van der Waals surface area contributed by atoms with E-state index in [1.165, 1.54) is 5.56 Å². The van der Waals surface area contributed by atoms with Gasteiger partial charge >= 0.3 is 0 Å². The molecule has 1 aromatic rings. The highest BCUT2D eigenvalue weighted by Crippen LogP contribution is 2.05. The van der Waals surface area contributed by atoms with Gasteiger partial charge in [-0.15, -0.1) is 0 Å². The summed E-state index contributed by atoms with van der Waals surface area (Å²) >= 11 is 1.75. The van der Waals surface area contributed by atoms with Crippen molar-refractivity contribution in [2.24, 2.45) is 0 Å². The summed E-state index contributed by atoms with van der Waals surface area (Å²) in [5, 5.41) is 7.67. The van der Waals surface area contributed by atoms with E-state index in [1.54, 1.807) is 18.4 Å². The third-order valence-corrected chi connectivity index (χ3v) is 2.99. The molecule has 0 amide bonds. The van der Waals surface area contributed by atoms with E-state index in [9.17, 15) is 0 Å². The first-order valence-electron chi connectivity index (χ1n) is 5.65. The molecule has 0 fully saturated rings. The van der Waals surface area contributed by atoms with Gasteiger partial charge in [-0.25, -0.2) is 0 Å². The first-order valence-corrected chi connectivity index (χ1v) is 6.59. The van der Waals surface area contributed by atoms with E-state index in [1.807, 2.05) is 6.92 Å². The van der Waals surface area contributed by atoms with Gasteiger partial charge in [0.2, 0.25) is 0 Å². The second kappa shape index (κ2) is 8.70. The highest BCUT2D eigenvalue weighted by Gasteiger charge is 1.99. The van der Waals surface area contributed by atoms with Gasteiger partial charge in [-0.3, -0.25) is 0 Å². The average Bonchev–Trinajstić information content (AvgIpc) is 2.76. The van der Waals surface area contributed by atoms with E-state index in [4.69, 9.17) is 9.47 Å². The fraction of sp³-hybridized carbons (Fsp3) is 0.667. The summed E-state index contributed by atoms with van der Waals surface area (Å²) in [6.07, 6.45) is 1.28. The van der Waals surface area contributed by atoms with Gasteiger partial charge in [0.05, 0.1) is 19.3 Å². The topological polar surface area (TPSA) is 30.5 Å². The third kappa shape index (κ3) is 6.23. The molecule has 1 N–H and O–H groups in total. The molecule has 1 unspecified atom stereocenters. The number of hydrogen-bond acceptors (Lipinski definition) is 4. The van der Waals surface area contributed by atoms with Gasteiger partial charge in [0.25, 0.3) is 0 Å². The van der Waals surface area contributed by atoms with Crippen LogP contribution in [0, 0.1) is 0 Å². The number of ether oxygens (including phenoxy) is 2. The lowest BCUT2D eigenvalue weighted by Gasteiger charge is -2.12. The molecule has 0 saturated heterocycles. The molecular formula is C12H21NO2S. The molecule has 0 saturated carbocycles. The second-order valence-electron chi connectivity index (χ2n) is 3.77. The predicted octanol–water partition coefficient (Wildman–Crippen LogP) is 1.93. The van der Waals surface area contributed by atoms with Crippen molar-refractivity contribution in [2.75, 3.05) is 33.4 Å². The number of thiophene rings is 1. The van der Waals surface area contributed by atoms with Crippen molar-refractivity contribution in [3.63, 3.8) is 0 Å². The van der Waals surface area contributed by atoms with Crippen molar-refractivity contribution in [2.45, 2.75) is 19.4 Å². The lowest BCUT2D eigenvalue weighted by molar-refractivity contribution is 0.0108.